The maximum absolute atomic E-state index is 13.1. The zero-order valence-electron chi connectivity index (χ0n) is 19.2. The molecule has 0 saturated carbocycles. The molecule has 0 aromatic heterocycles. The molecular formula is C26H32N2O5. The van der Waals surface area contributed by atoms with Crippen molar-refractivity contribution in [2.24, 2.45) is 5.92 Å². The Balaban J connectivity index is 1.31. The van der Waals surface area contributed by atoms with Gasteiger partial charge in [-0.05, 0) is 48.9 Å². The molecule has 4 rings (SSSR count). The van der Waals surface area contributed by atoms with Gasteiger partial charge in [-0.2, -0.15) is 0 Å². The van der Waals surface area contributed by atoms with E-state index in [0.717, 1.165) is 32.4 Å². The highest BCUT2D eigenvalue weighted by atomic mass is 16.5. The van der Waals surface area contributed by atoms with Crippen LogP contribution in [0.1, 0.15) is 28.8 Å². The molecule has 7 heteroatoms. The molecule has 2 heterocycles. The first kappa shape index (κ1) is 23.1. The summed E-state index contributed by atoms with van der Waals surface area (Å²) in [6, 6.07) is 15.7. The number of morpholine rings is 1. The average Bonchev–Trinajstić information content (AvgIpc) is 2.88. The molecule has 7 nitrogen and oxygen atoms in total. The van der Waals surface area contributed by atoms with Crippen LogP contribution < -0.4 is 9.47 Å². The minimum absolute atomic E-state index is 0.00223. The highest BCUT2D eigenvalue weighted by Crippen LogP contribution is 2.30. The highest BCUT2D eigenvalue weighted by molar-refractivity contribution is 5.95. The Kier molecular flexibility index (Phi) is 7.83. The van der Waals surface area contributed by atoms with Crippen LogP contribution in [0.3, 0.4) is 0 Å². The number of hydrogen-bond donors (Lipinski definition) is 0. The molecule has 0 atom stereocenters. The zero-order chi connectivity index (χ0) is 23.0. The Morgan fingerprint density at radius 3 is 2.36 bits per heavy atom. The van der Waals surface area contributed by atoms with Gasteiger partial charge in [-0.1, -0.05) is 30.3 Å². The highest BCUT2D eigenvalue weighted by Gasteiger charge is 2.25. The Morgan fingerprint density at radius 2 is 1.67 bits per heavy atom. The molecule has 2 aliphatic rings. The van der Waals surface area contributed by atoms with Gasteiger partial charge in [0.1, 0.15) is 0 Å². The van der Waals surface area contributed by atoms with E-state index in [1.165, 1.54) is 12.7 Å². The van der Waals surface area contributed by atoms with Crippen LogP contribution in [-0.2, 0) is 16.0 Å². The summed E-state index contributed by atoms with van der Waals surface area (Å²) in [4.78, 5) is 29.1. The van der Waals surface area contributed by atoms with Crippen LogP contribution in [0, 0.1) is 5.92 Å². The Hall–Kier alpha value is -3.06. The monoisotopic (exact) mass is 452 g/mol. The number of piperidine rings is 1. The van der Waals surface area contributed by atoms with Gasteiger partial charge in [-0.25, -0.2) is 0 Å². The number of rotatable bonds is 7. The van der Waals surface area contributed by atoms with E-state index in [1.807, 2.05) is 11.0 Å². The lowest BCUT2D eigenvalue weighted by Crippen LogP contribution is -2.43. The van der Waals surface area contributed by atoms with Crippen molar-refractivity contribution in [3.63, 3.8) is 0 Å². The van der Waals surface area contributed by atoms with Crippen LogP contribution in [0.5, 0.6) is 11.5 Å². The van der Waals surface area contributed by atoms with Crippen molar-refractivity contribution in [1.82, 2.24) is 9.80 Å². The van der Waals surface area contributed by atoms with Crippen LogP contribution in [0.15, 0.2) is 48.5 Å². The first-order chi connectivity index (χ1) is 16.1. The van der Waals surface area contributed by atoms with Crippen molar-refractivity contribution < 1.29 is 23.8 Å². The van der Waals surface area contributed by atoms with Crippen LogP contribution in [0.4, 0.5) is 0 Å². The van der Waals surface area contributed by atoms with Crippen molar-refractivity contribution in [1.29, 1.82) is 0 Å². The van der Waals surface area contributed by atoms with Crippen molar-refractivity contribution in [3.8, 4) is 11.5 Å². The van der Waals surface area contributed by atoms with Gasteiger partial charge in [-0.3, -0.25) is 9.59 Å². The Morgan fingerprint density at radius 1 is 0.939 bits per heavy atom. The zero-order valence-corrected chi connectivity index (χ0v) is 19.2. The molecule has 2 amide bonds. The fourth-order valence-corrected chi connectivity index (χ4v) is 4.43. The fourth-order valence-electron chi connectivity index (χ4n) is 4.43. The predicted molar refractivity (Wildman–Crippen MR) is 125 cm³/mol. The Labute approximate surface area is 195 Å². The number of carbonyl (C=O) groups is 2. The standard InChI is InChI=1S/C26H32N2O5/c1-31-24-18-22(7-8-23(24)33-19-25(29)27-13-15-32-16-14-27)26(30)28-11-9-21(10-12-28)17-20-5-3-2-4-6-20/h2-8,18,21H,9-17,19H2,1H3. The van der Waals surface area contributed by atoms with Gasteiger partial charge >= 0.3 is 0 Å². The fraction of sp³-hybridized carbons (Fsp3) is 0.462. The third-order valence-corrected chi connectivity index (χ3v) is 6.39. The van der Waals surface area contributed by atoms with Crippen LogP contribution in [0.25, 0.3) is 0 Å². The van der Waals surface area contributed by atoms with Gasteiger partial charge in [0, 0.05) is 31.7 Å². The number of hydrogen-bond acceptors (Lipinski definition) is 5. The normalized spacial score (nSPS) is 17.0. The molecule has 0 radical (unpaired) electrons. The molecule has 2 aromatic rings. The van der Waals surface area contributed by atoms with E-state index in [1.54, 1.807) is 23.1 Å². The second kappa shape index (κ2) is 11.2. The summed E-state index contributed by atoms with van der Waals surface area (Å²) in [5, 5.41) is 0. The second-order valence-electron chi connectivity index (χ2n) is 8.57. The summed E-state index contributed by atoms with van der Waals surface area (Å²) in [6.07, 6.45) is 3.07. The smallest absolute Gasteiger partial charge is 0.260 e. The molecule has 0 spiro atoms. The molecule has 0 N–H and O–H groups in total. The third-order valence-electron chi connectivity index (χ3n) is 6.39. The van der Waals surface area contributed by atoms with E-state index < -0.39 is 0 Å². The van der Waals surface area contributed by atoms with Gasteiger partial charge < -0.3 is 24.0 Å². The van der Waals surface area contributed by atoms with Gasteiger partial charge in [0.25, 0.3) is 11.8 Å². The van der Waals surface area contributed by atoms with E-state index in [-0.39, 0.29) is 18.4 Å². The first-order valence-corrected chi connectivity index (χ1v) is 11.6. The molecule has 2 saturated heterocycles. The SMILES string of the molecule is COc1cc(C(=O)N2CCC(Cc3ccccc3)CC2)ccc1OCC(=O)N1CCOCC1. The van der Waals surface area contributed by atoms with Gasteiger partial charge in [0.2, 0.25) is 0 Å². The lowest BCUT2D eigenvalue weighted by atomic mass is 9.90. The van der Waals surface area contributed by atoms with E-state index >= 15 is 0 Å². The molecule has 0 aliphatic carbocycles. The quantitative estimate of drug-likeness (QED) is 0.646. The number of benzene rings is 2. The summed E-state index contributed by atoms with van der Waals surface area (Å²) < 4.78 is 16.4. The predicted octanol–water partition coefficient (Wildman–Crippen LogP) is 3.03. The second-order valence-corrected chi connectivity index (χ2v) is 8.57. The number of amides is 2. The van der Waals surface area contributed by atoms with E-state index in [4.69, 9.17) is 14.2 Å². The van der Waals surface area contributed by atoms with E-state index in [2.05, 4.69) is 24.3 Å². The van der Waals surface area contributed by atoms with Crippen LogP contribution in [0.2, 0.25) is 0 Å². The van der Waals surface area contributed by atoms with Crippen molar-refractivity contribution in [2.75, 3.05) is 53.1 Å². The molecule has 176 valence electrons. The number of likely N-dealkylation sites (tertiary alicyclic amines) is 1. The summed E-state index contributed by atoms with van der Waals surface area (Å²) in [5.74, 6) is 1.43. The summed E-state index contributed by atoms with van der Waals surface area (Å²) in [6.45, 7) is 3.70. The van der Waals surface area contributed by atoms with Crippen LogP contribution in [-0.4, -0.2) is 74.7 Å². The van der Waals surface area contributed by atoms with Gasteiger partial charge in [0.05, 0.1) is 20.3 Å². The lowest BCUT2D eigenvalue weighted by Gasteiger charge is -2.32. The number of methoxy groups -OCH3 is 1. The minimum atomic E-state index is -0.0844. The Bertz CT molecular complexity index is 935. The number of ether oxygens (including phenoxy) is 3. The first-order valence-electron chi connectivity index (χ1n) is 11.6. The van der Waals surface area contributed by atoms with Crippen molar-refractivity contribution >= 4 is 11.8 Å². The van der Waals surface area contributed by atoms with E-state index in [9.17, 15) is 9.59 Å². The summed E-state index contributed by atoms with van der Waals surface area (Å²) in [7, 11) is 1.54. The van der Waals surface area contributed by atoms with Gasteiger partial charge in [0.15, 0.2) is 18.1 Å². The molecule has 2 aliphatic heterocycles. The van der Waals surface area contributed by atoms with Gasteiger partial charge in [-0.15, -0.1) is 0 Å². The maximum atomic E-state index is 13.1. The summed E-state index contributed by atoms with van der Waals surface area (Å²) in [5.41, 5.74) is 1.93. The topological polar surface area (TPSA) is 68.3 Å². The molecule has 2 fully saturated rings. The summed E-state index contributed by atoms with van der Waals surface area (Å²) >= 11 is 0. The molecule has 33 heavy (non-hydrogen) atoms. The number of nitrogens with zero attached hydrogens (tertiary/aromatic N) is 2. The van der Waals surface area contributed by atoms with Crippen molar-refractivity contribution in [2.45, 2.75) is 19.3 Å². The molecule has 0 bridgehead atoms. The lowest BCUT2D eigenvalue weighted by molar-refractivity contribution is -0.137. The van der Waals surface area contributed by atoms with E-state index in [0.29, 0.717) is 49.3 Å². The average molecular weight is 453 g/mol. The molecule has 0 unspecified atom stereocenters. The van der Waals surface area contributed by atoms with Crippen LogP contribution >= 0.6 is 0 Å². The third kappa shape index (κ3) is 6.05. The molecular weight excluding hydrogens is 420 g/mol. The minimum Gasteiger partial charge on any atom is -0.493 e. The largest absolute Gasteiger partial charge is 0.493 e. The molecule has 2 aromatic carbocycles. The maximum Gasteiger partial charge on any atom is 0.260 e. The van der Waals surface area contributed by atoms with Crippen molar-refractivity contribution in [3.05, 3.63) is 59.7 Å². The number of carbonyl (C=O) groups excluding carboxylic acids is 2.